The second-order valence-corrected chi connectivity index (χ2v) is 5.43. The Kier molecular flexibility index (Phi) is 5.52. The Hall–Kier alpha value is -1.66. The zero-order chi connectivity index (χ0) is 15.2. The van der Waals surface area contributed by atoms with Gasteiger partial charge in [0, 0.05) is 26.1 Å². The molecule has 1 aromatic rings. The van der Waals surface area contributed by atoms with Gasteiger partial charge in [-0.15, -0.1) is 0 Å². The number of hydrogen-bond acceptors (Lipinski definition) is 4. The first-order valence-corrected chi connectivity index (χ1v) is 7.19. The number of likely N-dealkylation sites (N-methyl/N-ethyl adjacent to an activating group) is 1. The molecule has 1 aliphatic heterocycles. The highest BCUT2D eigenvalue weighted by Crippen LogP contribution is 2.19. The number of hydrogen-bond donors (Lipinski definition) is 2. The minimum Gasteiger partial charge on any atom is -0.397 e. The molecule has 1 amide bonds. The largest absolute Gasteiger partial charge is 0.397 e. The van der Waals surface area contributed by atoms with Crippen LogP contribution in [0.2, 0.25) is 0 Å². The number of nitrogens with two attached hydrogens (primary N) is 1. The van der Waals surface area contributed by atoms with Crippen LogP contribution in [0.4, 0.5) is 15.8 Å². The van der Waals surface area contributed by atoms with Gasteiger partial charge < -0.3 is 20.7 Å². The van der Waals surface area contributed by atoms with Crippen LogP contribution < -0.4 is 11.1 Å². The molecule has 1 unspecified atom stereocenters. The zero-order valence-corrected chi connectivity index (χ0v) is 12.3. The molecular weight excluding hydrogens is 273 g/mol. The molecule has 6 heteroatoms. The summed E-state index contributed by atoms with van der Waals surface area (Å²) < 4.78 is 18.5. The molecule has 0 bridgehead atoms. The van der Waals surface area contributed by atoms with Crippen molar-refractivity contribution in [1.29, 1.82) is 0 Å². The number of halogens is 1. The van der Waals surface area contributed by atoms with Crippen molar-refractivity contribution in [3.63, 3.8) is 0 Å². The number of carbonyl (C=O) groups is 1. The molecule has 0 spiro atoms. The van der Waals surface area contributed by atoms with Crippen molar-refractivity contribution in [2.45, 2.75) is 25.4 Å². The molecule has 1 saturated heterocycles. The third-order valence-corrected chi connectivity index (χ3v) is 3.55. The molecule has 1 atom stereocenters. The Labute approximate surface area is 124 Å². The van der Waals surface area contributed by atoms with Gasteiger partial charge in [0.25, 0.3) is 0 Å². The van der Waals surface area contributed by atoms with E-state index in [9.17, 15) is 9.18 Å². The molecule has 21 heavy (non-hydrogen) atoms. The Morgan fingerprint density at radius 1 is 1.57 bits per heavy atom. The zero-order valence-electron chi connectivity index (χ0n) is 12.3. The van der Waals surface area contributed by atoms with Crippen molar-refractivity contribution in [3.05, 3.63) is 24.0 Å². The summed E-state index contributed by atoms with van der Waals surface area (Å²) in [4.78, 5) is 14.0. The summed E-state index contributed by atoms with van der Waals surface area (Å²) in [7, 11) is 1.97. The molecule has 0 saturated carbocycles. The lowest BCUT2D eigenvalue weighted by molar-refractivity contribution is -0.116. The van der Waals surface area contributed by atoms with E-state index in [1.807, 2.05) is 7.05 Å². The van der Waals surface area contributed by atoms with Crippen LogP contribution in [0.15, 0.2) is 18.2 Å². The maximum Gasteiger partial charge on any atom is 0.225 e. The Balaban J connectivity index is 1.73. The quantitative estimate of drug-likeness (QED) is 0.786. The van der Waals surface area contributed by atoms with E-state index in [1.165, 1.54) is 18.2 Å². The highest BCUT2D eigenvalue weighted by molar-refractivity contribution is 5.93. The SMILES string of the molecule is CN(CCC(=O)Nc1ccc(F)cc1N)CC1CCCO1. The highest BCUT2D eigenvalue weighted by Gasteiger charge is 2.17. The lowest BCUT2D eigenvalue weighted by Crippen LogP contribution is -2.31. The van der Waals surface area contributed by atoms with Gasteiger partial charge in [0.1, 0.15) is 5.82 Å². The monoisotopic (exact) mass is 295 g/mol. The fourth-order valence-corrected chi connectivity index (χ4v) is 2.38. The van der Waals surface area contributed by atoms with E-state index in [0.29, 0.717) is 18.7 Å². The van der Waals surface area contributed by atoms with Crippen LogP contribution in [0.1, 0.15) is 19.3 Å². The minimum atomic E-state index is -0.415. The van der Waals surface area contributed by atoms with Crippen LogP contribution in [-0.4, -0.2) is 43.7 Å². The van der Waals surface area contributed by atoms with Crippen LogP contribution in [0.5, 0.6) is 0 Å². The van der Waals surface area contributed by atoms with Gasteiger partial charge in [0.05, 0.1) is 17.5 Å². The van der Waals surface area contributed by atoms with Gasteiger partial charge in [-0.05, 0) is 38.1 Å². The highest BCUT2D eigenvalue weighted by atomic mass is 19.1. The van der Waals surface area contributed by atoms with Crippen molar-refractivity contribution in [2.24, 2.45) is 0 Å². The third kappa shape index (κ3) is 4.99. The number of nitrogens with one attached hydrogen (secondary N) is 1. The number of ether oxygens (including phenoxy) is 1. The second-order valence-electron chi connectivity index (χ2n) is 5.43. The standard InChI is InChI=1S/C15H22FN3O2/c1-19(10-12-3-2-8-21-12)7-6-15(20)18-14-5-4-11(16)9-13(14)17/h4-5,9,12H,2-3,6-8,10,17H2,1H3,(H,18,20). The molecular formula is C15H22FN3O2. The molecule has 0 aromatic heterocycles. The van der Waals surface area contributed by atoms with Gasteiger partial charge in [0.2, 0.25) is 5.91 Å². The first-order chi connectivity index (χ1) is 10.0. The molecule has 0 radical (unpaired) electrons. The molecule has 5 nitrogen and oxygen atoms in total. The number of benzene rings is 1. The Morgan fingerprint density at radius 2 is 2.38 bits per heavy atom. The Bertz CT molecular complexity index is 490. The molecule has 3 N–H and O–H groups in total. The summed E-state index contributed by atoms with van der Waals surface area (Å²) in [6.45, 7) is 2.32. The lowest BCUT2D eigenvalue weighted by Gasteiger charge is -2.20. The van der Waals surface area contributed by atoms with Gasteiger partial charge >= 0.3 is 0 Å². The number of carbonyl (C=O) groups excluding carboxylic acids is 1. The first kappa shape index (κ1) is 15.7. The molecule has 116 valence electrons. The van der Waals surface area contributed by atoms with Crippen LogP contribution in [-0.2, 0) is 9.53 Å². The van der Waals surface area contributed by atoms with Crippen LogP contribution >= 0.6 is 0 Å². The normalized spacial score (nSPS) is 18.1. The topological polar surface area (TPSA) is 67.6 Å². The van der Waals surface area contributed by atoms with E-state index in [1.54, 1.807) is 0 Å². The molecule has 1 fully saturated rings. The Morgan fingerprint density at radius 3 is 3.05 bits per heavy atom. The van der Waals surface area contributed by atoms with Crippen molar-refractivity contribution in [3.8, 4) is 0 Å². The van der Waals surface area contributed by atoms with Crippen molar-refractivity contribution in [1.82, 2.24) is 4.90 Å². The maximum atomic E-state index is 12.9. The predicted molar refractivity (Wildman–Crippen MR) is 80.5 cm³/mol. The van der Waals surface area contributed by atoms with Crippen molar-refractivity contribution < 1.29 is 13.9 Å². The van der Waals surface area contributed by atoms with Crippen LogP contribution in [0.3, 0.4) is 0 Å². The van der Waals surface area contributed by atoms with E-state index in [2.05, 4.69) is 10.2 Å². The summed E-state index contributed by atoms with van der Waals surface area (Å²) >= 11 is 0. The maximum absolute atomic E-state index is 12.9. The van der Waals surface area contributed by atoms with E-state index in [-0.39, 0.29) is 17.7 Å². The predicted octanol–water partition coefficient (Wildman–Crippen LogP) is 1.85. The summed E-state index contributed by atoms with van der Waals surface area (Å²) in [6, 6.07) is 3.94. The van der Waals surface area contributed by atoms with Crippen LogP contribution in [0, 0.1) is 5.82 Å². The molecule has 2 rings (SSSR count). The smallest absolute Gasteiger partial charge is 0.225 e. The summed E-state index contributed by atoms with van der Waals surface area (Å²) in [6.07, 6.45) is 2.84. The van der Waals surface area contributed by atoms with Gasteiger partial charge in [-0.1, -0.05) is 0 Å². The number of amides is 1. The lowest BCUT2D eigenvalue weighted by atomic mass is 10.2. The third-order valence-electron chi connectivity index (χ3n) is 3.55. The molecule has 1 heterocycles. The average molecular weight is 295 g/mol. The van der Waals surface area contributed by atoms with Crippen molar-refractivity contribution >= 4 is 17.3 Å². The number of nitrogens with zero attached hydrogens (tertiary/aromatic N) is 1. The second kappa shape index (κ2) is 7.38. The number of nitrogen functional groups attached to an aromatic ring is 1. The fraction of sp³-hybridized carbons (Fsp3) is 0.533. The van der Waals surface area contributed by atoms with Crippen molar-refractivity contribution in [2.75, 3.05) is 37.8 Å². The summed E-state index contributed by atoms with van der Waals surface area (Å²) in [5, 5.41) is 2.70. The number of anilines is 2. The summed E-state index contributed by atoms with van der Waals surface area (Å²) in [5.41, 5.74) is 6.33. The first-order valence-electron chi connectivity index (χ1n) is 7.19. The number of rotatable bonds is 6. The van der Waals surface area contributed by atoms with Gasteiger partial charge in [-0.25, -0.2) is 4.39 Å². The van der Waals surface area contributed by atoms with Gasteiger partial charge in [-0.3, -0.25) is 4.79 Å². The average Bonchev–Trinajstić information content (AvgIpc) is 2.92. The minimum absolute atomic E-state index is 0.132. The van der Waals surface area contributed by atoms with Gasteiger partial charge in [-0.2, -0.15) is 0 Å². The molecule has 1 aromatic carbocycles. The van der Waals surface area contributed by atoms with Crippen LogP contribution in [0.25, 0.3) is 0 Å². The molecule has 1 aliphatic rings. The molecule has 0 aliphatic carbocycles. The van der Waals surface area contributed by atoms with Gasteiger partial charge in [0.15, 0.2) is 0 Å². The van der Waals surface area contributed by atoms with E-state index >= 15 is 0 Å². The summed E-state index contributed by atoms with van der Waals surface area (Å²) in [5.74, 6) is -0.547. The van der Waals surface area contributed by atoms with E-state index in [4.69, 9.17) is 10.5 Å². The van der Waals surface area contributed by atoms with E-state index in [0.717, 1.165) is 26.0 Å². The fourth-order valence-electron chi connectivity index (χ4n) is 2.38. The van der Waals surface area contributed by atoms with E-state index < -0.39 is 5.82 Å².